The molecule has 0 fully saturated rings. The number of aromatic amines is 1. The van der Waals surface area contributed by atoms with Gasteiger partial charge in [0.25, 0.3) is 0 Å². The van der Waals surface area contributed by atoms with E-state index < -0.39 is 0 Å². The molecule has 0 amide bonds. The second-order valence-corrected chi connectivity index (χ2v) is 3.15. The number of nitrogen functional groups attached to an aromatic ring is 1. The Balaban J connectivity index is 2.63. The second-order valence-electron chi connectivity index (χ2n) is 3.15. The Morgan fingerprint density at radius 1 is 1.14 bits per heavy atom. The number of nitrogens with zero attached hydrogens (tertiary/aromatic N) is 2. The van der Waals surface area contributed by atoms with Gasteiger partial charge >= 0.3 is 0 Å². The summed E-state index contributed by atoms with van der Waals surface area (Å²) in [6.07, 6.45) is 1.48. The van der Waals surface area contributed by atoms with E-state index in [-0.39, 0.29) is 0 Å². The number of nitrogens with two attached hydrogens (primary N) is 1. The Kier molecular flexibility index (Phi) is 1.28. The first kappa shape index (κ1) is 7.32. The van der Waals surface area contributed by atoms with E-state index in [0.717, 1.165) is 21.9 Å². The van der Waals surface area contributed by atoms with E-state index in [1.54, 1.807) is 0 Å². The van der Waals surface area contributed by atoms with Crippen LogP contribution >= 0.6 is 0 Å². The van der Waals surface area contributed by atoms with Crippen molar-refractivity contribution < 1.29 is 0 Å². The summed E-state index contributed by atoms with van der Waals surface area (Å²) in [6, 6.07) is 7.96. The zero-order valence-corrected chi connectivity index (χ0v) is 7.36. The predicted octanol–water partition coefficient (Wildman–Crippen LogP) is 1.69. The zero-order valence-electron chi connectivity index (χ0n) is 7.36. The van der Waals surface area contributed by atoms with Crippen molar-refractivity contribution in [2.45, 2.75) is 0 Å². The van der Waals surface area contributed by atoms with Crippen LogP contribution in [0.3, 0.4) is 0 Å². The van der Waals surface area contributed by atoms with Crippen molar-refractivity contribution in [3.05, 3.63) is 30.6 Å². The van der Waals surface area contributed by atoms with Gasteiger partial charge in [0, 0.05) is 10.9 Å². The average molecular weight is 184 g/mol. The molecule has 4 nitrogen and oxygen atoms in total. The Labute approximate surface area is 79.8 Å². The van der Waals surface area contributed by atoms with E-state index in [1.165, 1.54) is 6.33 Å². The summed E-state index contributed by atoms with van der Waals surface area (Å²) in [7, 11) is 0. The molecule has 0 bridgehead atoms. The first-order valence-electron chi connectivity index (χ1n) is 4.33. The quantitative estimate of drug-likeness (QED) is 0.558. The summed E-state index contributed by atoms with van der Waals surface area (Å²) in [6.45, 7) is 0. The number of hydrogen-bond donors (Lipinski definition) is 2. The van der Waals surface area contributed by atoms with Gasteiger partial charge in [-0.15, -0.1) is 0 Å². The summed E-state index contributed by atoms with van der Waals surface area (Å²) in [5, 5.41) is 1.08. The topological polar surface area (TPSA) is 67.6 Å². The van der Waals surface area contributed by atoms with Crippen molar-refractivity contribution in [2.24, 2.45) is 0 Å². The van der Waals surface area contributed by atoms with E-state index in [9.17, 15) is 0 Å². The van der Waals surface area contributed by atoms with E-state index in [1.807, 2.05) is 24.3 Å². The second kappa shape index (κ2) is 2.45. The molecule has 2 aromatic heterocycles. The van der Waals surface area contributed by atoms with Crippen LogP contribution in [0.2, 0.25) is 0 Å². The number of anilines is 1. The van der Waals surface area contributed by atoms with Gasteiger partial charge in [0.2, 0.25) is 0 Å². The van der Waals surface area contributed by atoms with Crippen LogP contribution in [-0.2, 0) is 0 Å². The molecule has 0 saturated heterocycles. The summed E-state index contributed by atoms with van der Waals surface area (Å²) in [4.78, 5) is 11.3. The number of H-pyrrole nitrogens is 1. The van der Waals surface area contributed by atoms with Crippen LogP contribution < -0.4 is 5.73 Å². The summed E-state index contributed by atoms with van der Waals surface area (Å²) >= 11 is 0. The molecule has 0 aliphatic carbocycles. The molecular formula is C10H8N4. The lowest BCUT2D eigenvalue weighted by Crippen LogP contribution is -1.91. The van der Waals surface area contributed by atoms with Crippen molar-refractivity contribution in [3.8, 4) is 0 Å². The molecule has 0 radical (unpaired) electrons. The third-order valence-electron chi connectivity index (χ3n) is 2.32. The minimum atomic E-state index is 0.492. The van der Waals surface area contributed by atoms with Gasteiger partial charge in [-0.25, -0.2) is 9.97 Å². The van der Waals surface area contributed by atoms with Crippen molar-refractivity contribution in [1.29, 1.82) is 0 Å². The van der Waals surface area contributed by atoms with Gasteiger partial charge < -0.3 is 10.7 Å². The van der Waals surface area contributed by atoms with Gasteiger partial charge in [-0.05, 0) is 6.07 Å². The number of nitrogens with one attached hydrogen (secondary N) is 1. The van der Waals surface area contributed by atoms with Crippen molar-refractivity contribution >= 4 is 27.8 Å². The molecule has 3 aromatic rings. The Bertz CT molecular complexity index is 612. The molecule has 68 valence electrons. The molecule has 0 saturated carbocycles. The summed E-state index contributed by atoms with van der Waals surface area (Å²) in [5.74, 6) is 0.492. The molecule has 1 aromatic carbocycles. The molecule has 3 rings (SSSR count). The van der Waals surface area contributed by atoms with Crippen LogP contribution in [0.25, 0.3) is 21.9 Å². The maximum Gasteiger partial charge on any atom is 0.151 e. The monoisotopic (exact) mass is 184 g/mol. The SMILES string of the molecule is Nc1ncnc2c1[nH]c1ccccc12. The molecule has 0 spiro atoms. The summed E-state index contributed by atoms with van der Waals surface area (Å²) < 4.78 is 0. The van der Waals surface area contributed by atoms with E-state index in [4.69, 9.17) is 5.73 Å². The minimum Gasteiger partial charge on any atom is -0.382 e. The highest BCUT2D eigenvalue weighted by Crippen LogP contribution is 2.24. The van der Waals surface area contributed by atoms with E-state index >= 15 is 0 Å². The maximum absolute atomic E-state index is 5.74. The molecule has 0 aliphatic heterocycles. The van der Waals surface area contributed by atoms with Crippen molar-refractivity contribution in [2.75, 3.05) is 5.73 Å². The van der Waals surface area contributed by atoms with Crippen LogP contribution in [-0.4, -0.2) is 15.0 Å². The molecule has 0 atom stereocenters. The molecule has 4 heteroatoms. The molecule has 0 unspecified atom stereocenters. The average Bonchev–Trinajstić information content (AvgIpc) is 2.59. The summed E-state index contributed by atoms with van der Waals surface area (Å²) in [5.41, 5.74) is 8.47. The number of benzene rings is 1. The smallest absolute Gasteiger partial charge is 0.151 e. The highest BCUT2D eigenvalue weighted by Gasteiger charge is 2.06. The molecule has 0 aliphatic rings. The fourth-order valence-corrected chi connectivity index (χ4v) is 1.66. The van der Waals surface area contributed by atoms with Gasteiger partial charge in [0.15, 0.2) is 5.82 Å². The first-order chi connectivity index (χ1) is 6.86. The van der Waals surface area contributed by atoms with Gasteiger partial charge in [-0.3, -0.25) is 0 Å². The normalized spacial score (nSPS) is 11.1. The predicted molar refractivity (Wildman–Crippen MR) is 55.8 cm³/mol. The number of para-hydroxylation sites is 1. The van der Waals surface area contributed by atoms with Crippen molar-refractivity contribution in [1.82, 2.24) is 15.0 Å². The largest absolute Gasteiger partial charge is 0.382 e. The van der Waals surface area contributed by atoms with Crippen LogP contribution in [0.5, 0.6) is 0 Å². The maximum atomic E-state index is 5.74. The highest BCUT2D eigenvalue weighted by atomic mass is 14.9. The van der Waals surface area contributed by atoms with Crippen LogP contribution in [0, 0.1) is 0 Å². The number of fused-ring (bicyclic) bond motifs is 3. The fourth-order valence-electron chi connectivity index (χ4n) is 1.66. The standard InChI is InChI=1S/C10H8N4/c11-10-9-8(12-5-13-10)6-3-1-2-4-7(6)14-9/h1-5,14H,(H2,11,12,13). The van der Waals surface area contributed by atoms with Crippen LogP contribution in [0.1, 0.15) is 0 Å². The molecule has 14 heavy (non-hydrogen) atoms. The lowest BCUT2D eigenvalue weighted by atomic mass is 10.2. The molecule has 2 heterocycles. The van der Waals surface area contributed by atoms with Crippen LogP contribution in [0.15, 0.2) is 30.6 Å². The lowest BCUT2D eigenvalue weighted by Gasteiger charge is -1.91. The van der Waals surface area contributed by atoms with Gasteiger partial charge in [-0.1, -0.05) is 18.2 Å². The number of hydrogen-bond acceptors (Lipinski definition) is 3. The molecular weight excluding hydrogens is 176 g/mol. The van der Waals surface area contributed by atoms with Gasteiger partial charge in [0.1, 0.15) is 17.4 Å². The highest BCUT2D eigenvalue weighted by molar-refractivity contribution is 6.07. The Morgan fingerprint density at radius 3 is 2.93 bits per heavy atom. The van der Waals surface area contributed by atoms with Crippen molar-refractivity contribution in [3.63, 3.8) is 0 Å². The minimum absolute atomic E-state index is 0.492. The van der Waals surface area contributed by atoms with Gasteiger partial charge in [-0.2, -0.15) is 0 Å². The third kappa shape index (κ3) is 0.821. The van der Waals surface area contributed by atoms with Crippen LogP contribution in [0.4, 0.5) is 5.82 Å². The van der Waals surface area contributed by atoms with E-state index in [0.29, 0.717) is 5.82 Å². The van der Waals surface area contributed by atoms with E-state index in [2.05, 4.69) is 15.0 Å². The molecule has 3 N–H and O–H groups in total. The fraction of sp³-hybridized carbons (Fsp3) is 0. The Hall–Kier alpha value is -2.10. The Morgan fingerprint density at radius 2 is 2.00 bits per heavy atom. The number of rotatable bonds is 0. The third-order valence-corrected chi connectivity index (χ3v) is 2.32. The first-order valence-corrected chi connectivity index (χ1v) is 4.33. The lowest BCUT2D eigenvalue weighted by molar-refractivity contribution is 1.23. The number of aromatic nitrogens is 3. The zero-order chi connectivity index (χ0) is 9.54. The van der Waals surface area contributed by atoms with Gasteiger partial charge in [0.05, 0.1) is 0 Å².